The van der Waals surface area contributed by atoms with Crippen molar-refractivity contribution in [1.82, 2.24) is 18.6 Å². The van der Waals surface area contributed by atoms with Gasteiger partial charge in [0.25, 0.3) is 10.2 Å². The Morgan fingerprint density at radius 1 is 1.22 bits per heavy atom. The molecule has 3 atom stereocenters. The molecule has 9 heteroatoms. The van der Waals surface area contributed by atoms with Gasteiger partial charge in [-0.2, -0.15) is 17.4 Å². The van der Waals surface area contributed by atoms with Crippen molar-refractivity contribution in [3.05, 3.63) is 48.0 Å². The third-order valence-corrected chi connectivity index (χ3v) is 6.07. The maximum absolute atomic E-state index is 13.1. The van der Waals surface area contributed by atoms with E-state index in [-0.39, 0.29) is 12.2 Å². The Morgan fingerprint density at radius 2 is 1.85 bits per heavy atom. The number of ether oxygens (including phenoxy) is 2. The molecule has 27 heavy (non-hydrogen) atoms. The SMILES string of the molecule is COc1ccc(C(NS(=O)(=O)N2CC(C)OC(C)C2)c2nccn2C)cc1. The van der Waals surface area contributed by atoms with E-state index >= 15 is 0 Å². The summed E-state index contributed by atoms with van der Waals surface area (Å²) in [4.78, 5) is 4.36. The average molecular weight is 394 g/mol. The van der Waals surface area contributed by atoms with Crippen LogP contribution in [-0.4, -0.2) is 54.7 Å². The molecule has 2 aromatic rings. The van der Waals surface area contributed by atoms with E-state index in [1.165, 1.54) is 4.31 Å². The smallest absolute Gasteiger partial charge is 0.280 e. The highest BCUT2D eigenvalue weighted by Crippen LogP contribution is 2.25. The van der Waals surface area contributed by atoms with Gasteiger partial charge in [0.05, 0.1) is 19.3 Å². The van der Waals surface area contributed by atoms with Crippen LogP contribution in [0, 0.1) is 0 Å². The number of rotatable bonds is 6. The number of morpholine rings is 1. The van der Waals surface area contributed by atoms with Crippen LogP contribution in [0.1, 0.15) is 31.3 Å². The molecule has 1 aliphatic rings. The van der Waals surface area contributed by atoms with E-state index in [0.29, 0.717) is 24.7 Å². The standard InChI is InChI=1S/C18H26N4O4S/c1-13-11-22(12-14(2)26-13)27(23,24)20-17(18-19-9-10-21(18)3)15-5-7-16(25-4)8-6-15/h5-10,13-14,17,20H,11-12H2,1-4H3. The molecule has 1 aromatic heterocycles. The van der Waals surface area contributed by atoms with Crippen molar-refractivity contribution < 1.29 is 17.9 Å². The summed E-state index contributed by atoms with van der Waals surface area (Å²) in [5, 5.41) is 0. The van der Waals surface area contributed by atoms with Crippen LogP contribution < -0.4 is 9.46 Å². The predicted molar refractivity (Wildman–Crippen MR) is 102 cm³/mol. The third kappa shape index (κ3) is 4.49. The molecule has 8 nitrogen and oxygen atoms in total. The van der Waals surface area contributed by atoms with Crippen molar-refractivity contribution in [2.75, 3.05) is 20.2 Å². The Kier molecular flexibility index (Phi) is 5.85. The van der Waals surface area contributed by atoms with Crippen LogP contribution in [0.5, 0.6) is 5.75 Å². The fourth-order valence-corrected chi connectivity index (χ4v) is 4.77. The molecule has 1 aromatic carbocycles. The Labute approximate surface area is 160 Å². The van der Waals surface area contributed by atoms with Crippen LogP contribution in [0.25, 0.3) is 0 Å². The molecule has 1 fully saturated rings. The lowest BCUT2D eigenvalue weighted by Crippen LogP contribution is -2.52. The number of nitrogens with one attached hydrogen (secondary N) is 1. The maximum Gasteiger partial charge on any atom is 0.280 e. The molecule has 0 saturated carbocycles. The second-order valence-corrected chi connectivity index (χ2v) is 8.50. The van der Waals surface area contributed by atoms with E-state index in [2.05, 4.69) is 9.71 Å². The molecule has 1 saturated heterocycles. The molecule has 148 valence electrons. The fourth-order valence-electron chi connectivity index (χ4n) is 3.27. The quantitative estimate of drug-likeness (QED) is 0.802. The van der Waals surface area contributed by atoms with E-state index < -0.39 is 16.3 Å². The highest BCUT2D eigenvalue weighted by Gasteiger charge is 2.34. The first-order valence-electron chi connectivity index (χ1n) is 8.84. The van der Waals surface area contributed by atoms with Gasteiger partial charge in [0, 0.05) is 32.5 Å². The zero-order valence-corrected chi connectivity index (χ0v) is 16.8. The fraction of sp³-hybridized carbons (Fsp3) is 0.500. The first kappa shape index (κ1) is 19.8. The normalized spacial score (nSPS) is 22.5. The van der Waals surface area contributed by atoms with E-state index in [1.807, 2.05) is 37.6 Å². The second kappa shape index (κ2) is 7.97. The number of benzene rings is 1. The molecular weight excluding hydrogens is 368 g/mol. The first-order chi connectivity index (χ1) is 12.8. The molecule has 0 radical (unpaired) electrons. The number of methoxy groups -OCH3 is 1. The van der Waals surface area contributed by atoms with Crippen molar-refractivity contribution in [3.8, 4) is 5.75 Å². The van der Waals surface area contributed by atoms with E-state index in [1.54, 1.807) is 31.6 Å². The molecule has 0 spiro atoms. The first-order valence-corrected chi connectivity index (χ1v) is 10.3. The van der Waals surface area contributed by atoms with Gasteiger partial charge in [0.1, 0.15) is 17.6 Å². The Bertz CT molecular complexity index is 856. The number of hydrogen-bond acceptors (Lipinski definition) is 5. The van der Waals surface area contributed by atoms with Gasteiger partial charge in [0.2, 0.25) is 0 Å². The minimum Gasteiger partial charge on any atom is -0.497 e. The summed E-state index contributed by atoms with van der Waals surface area (Å²) in [6, 6.07) is 6.67. The van der Waals surface area contributed by atoms with Crippen LogP contribution in [0.3, 0.4) is 0 Å². The summed E-state index contributed by atoms with van der Waals surface area (Å²) < 4.78 is 43.1. The number of aromatic nitrogens is 2. The molecule has 3 unspecified atom stereocenters. The number of imidazole rings is 1. The summed E-state index contributed by atoms with van der Waals surface area (Å²) in [6.45, 7) is 4.38. The highest BCUT2D eigenvalue weighted by molar-refractivity contribution is 7.87. The molecule has 0 amide bonds. The summed E-state index contributed by atoms with van der Waals surface area (Å²) in [7, 11) is -0.305. The van der Waals surface area contributed by atoms with Gasteiger partial charge in [-0.05, 0) is 31.5 Å². The van der Waals surface area contributed by atoms with Crippen molar-refractivity contribution in [3.63, 3.8) is 0 Å². The average Bonchev–Trinajstić information content (AvgIpc) is 3.05. The maximum atomic E-state index is 13.1. The van der Waals surface area contributed by atoms with Gasteiger partial charge in [-0.3, -0.25) is 0 Å². The van der Waals surface area contributed by atoms with Crippen LogP contribution in [0.2, 0.25) is 0 Å². The Balaban J connectivity index is 1.92. The van der Waals surface area contributed by atoms with Gasteiger partial charge in [0.15, 0.2) is 0 Å². The van der Waals surface area contributed by atoms with Gasteiger partial charge >= 0.3 is 0 Å². The van der Waals surface area contributed by atoms with Gasteiger partial charge in [-0.25, -0.2) is 4.98 Å². The van der Waals surface area contributed by atoms with Crippen LogP contribution >= 0.6 is 0 Å². The molecule has 1 N–H and O–H groups in total. The predicted octanol–water partition coefficient (Wildman–Crippen LogP) is 1.46. The Morgan fingerprint density at radius 3 is 2.37 bits per heavy atom. The van der Waals surface area contributed by atoms with Crippen molar-refractivity contribution in [2.24, 2.45) is 7.05 Å². The molecule has 1 aliphatic heterocycles. The molecule has 0 bridgehead atoms. The van der Waals surface area contributed by atoms with Crippen molar-refractivity contribution in [2.45, 2.75) is 32.1 Å². The molecule has 0 aliphatic carbocycles. The minimum absolute atomic E-state index is 0.155. The number of hydrogen-bond donors (Lipinski definition) is 1. The van der Waals surface area contributed by atoms with Crippen LogP contribution in [0.4, 0.5) is 0 Å². The van der Waals surface area contributed by atoms with E-state index in [4.69, 9.17) is 9.47 Å². The molecule has 3 rings (SSSR count). The lowest BCUT2D eigenvalue weighted by atomic mass is 10.1. The van der Waals surface area contributed by atoms with E-state index in [9.17, 15) is 8.42 Å². The largest absolute Gasteiger partial charge is 0.497 e. The Hall–Kier alpha value is -1.94. The summed E-state index contributed by atoms with van der Waals surface area (Å²) in [5.74, 6) is 1.31. The topological polar surface area (TPSA) is 85.7 Å². The van der Waals surface area contributed by atoms with Crippen molar-refractivity contribution >= 4 is 10.2 Å². The zero-order valence-electron chi connectivity index (χ0n) is 16.0. The summed E-state index contributed by atoms with van der Waals surface area (Å²) in [6.07, 6.45) is 3.13. The molecule has 2 heterocycles. The lowest BCUT2D eigenvalue weighted by Gasteiger charge is -2.35. The van der Waals surface area contributed by atoms with E-state index in [0.717, 1.165) is 5.56 Å². The van der Waals surface area contributed by atoms with Crippen molar-refractivity contribution in [1.29, 1.82) is 0 Å². The minimum atomic E-state index is -3.74. The highest BCUT2D eigenvalue weighted by atomic mass is 32.2. The van der Waals surface area contributed by atoms with Gasteiger partial charge in [-0.15, -0.1) is 0 Å². The monoisotopic (exact) mass is 394 g/mol. The van der Waals surface area contributed by atoms with Crippen LogP contribution in [0.15, 0.2) is 36.7 Å². The van der Waals surface area contributed by atoms with Gasteiger partial charge < -0.3 is 14.0 Å². The lowest BCUT2D eigenvalue weighted by molar-refractivity contribution is -0.0444. The zero-order chi connectivity index (χ0) is 19.6. The molecular formula is C18H26N4O4S. The summed E-state index contributed by atoms with van der Waals surface area (Å²) >= 11 is 0. The van der Waals surface area contributed by atoms with Crippen LogP contribution in [-0.2, 0) is 22.0 Å². The number of nitrogens with zero attached hydrogens (tertiary/aromatic N) is 3. The van der Waals surface area contributed by atoms with Gasteiger partial charge in [-0.1, -0.05) is 12.1 Å². The second-order valence-electron chi connectivity index (χ2n) is 6.80. The summed E-state index contributed by atoms with van der Waals surface area (Å²) in [5.41, 5.74) is 0.781. The third-order valence-electron chi connectivity index (χ3n) is 4.56. The number of aryl methyl sites for hydroxylation is 1.